The zero-order valence-electron chi connectivity index (χ0n) is 9.93. The van der Waals surface area contributed by atoms with Crippen LogP contribution in [0, 0.1) is 0 Å². The van der Waals surface area contributed by atoms with E-state index in [0.29, 0.717) is 18.7 Å². The van der Waals surface area contributed by atoms with Crippen molar-refractivity contribution in [1.29, 1.82) is 0 Å². The molecule has 18 heavy (non-hydrogen) atoms. The highest BCUT2D eigenvalue weighted by Gasteiger charge is 2.30. The molecular formula is C12H15BrF3NO. The van der Waals surface area contributed by atoms with Crippen molar-refractivity contribution in [2.75, 3.05) is 19.7 Å². The monoisotopic (exact) mass is 325 g/mol. The standard InChI is InChI=1S/C12H15BrF3NO/c1-2-17-7-11(18-8-12(14,15)16)9-5-3-4-6-10(9)13/h3-6,11,17H,2,7-8H2,1H3. The first-order valence-electron chi connectivity index (χ1n) is 5.57. The summed E-state index contributed by atoms with van der Waals surface area (Å²) in [4.78, 5) is 0. The van der Waals surface area contributed by atoms with Crippen molar-refractivity contribution in [1.82, 2.24) is 5.32 Å². The number of likely N-dealkylation sites (N-methyl/N-ethyl adjacent to an activating group) is 1. The molecule has 0 amide bonds. The number of hydrogen-bond donors (Lipinski definition) is 1. The van der Waals surface area contributed by atoms with Crippen LogP contribution in [0.4, 0.5) is 13.2 Å². The zero-order valence-corrected chi connectivity index (χ0v) is 11.5. The molecule has 6 heteroatoms. The molecule has 0 saturated heterocycles. The van der Waals surface area contributed by atoms with E-state index in [4.69, 9.17) is 4.74 Å². The lowest BCUT2D eigenvalue weighted by atomic mass is 10.1. The summed E-state index contributed by atoms with van der Waals surface area (Å²) in [5, 5.41) is 3.00. The fourth-order valence-electron chi connectivity index (χ4n) is 1.47. The number of ether oxygens (including phenoxy) is 1. The van der Waals surface area contributed by atoms with Crippen LogP contribution in [0.2, 0.25) is 0 Å². The Morgan fingerprint density at radius 2 is 2.00 bits per heavy atom. The molecule has 0 radical (unpaired) electrons. The third-order valence-corrected chi connectivity index (χ3v) is 3.00. The predicted octanol–water partition coefficient (Wildman–Crippen LogP) is 3.68. The van der Waals surface area contributed by atoms with E-state index < -0.39 is 18.9 Å². The van der Waals surface area contributed by atoms with Crippen LogP contribution in [-0.4, -0.2) is 25.9 Å². The average Bonchev–Trinajstić information content (AvgIpc) is 2.29. The molecule has 0 aliphatic rings. The molecule has 0 fully saturated rings. The second-order valence-corrected chi connectivity index (χ2v) is 4.60. The van der Waals surface area contributed by atoms with Crippen molar-refractivity contribution in [3.8, 4) is 0 Å². The topological polar surface area (TPSA) is 21.3 Å². The number of nitrogens with one attached hydrogen (secondary N) is 1. The van der Waals surface area contributed by atoms with E-state index in [1.165, 1.54) is 0 Å². The lowest BCUT2D eigenvalue weighted by Crippen LogP contribution is -2.27. The highest BCUT2D eigenvalue weighted by atomic mass is 79.9. The van der Waals surface area contributed by atoms with Gasteiger partial charge in [-0.25, -0.2) is 0 Å². The van der Waals surface area contributed by atoms with Crippen LogP contribution in [0.5, 0.6) is 0 Å². The molecule has 0 heterocycles. The van der Waals surface area contributed by atoms with Crippen molar-refractivity contribution in [3.63, 3.8) is 0 Å². The fraction of sp³-hybridized carbons (Fsp3) is 0.500. The Bertz CT molecular complexity index is 371. The fourth-order valence-corrected chi connectivity index (χ4v) is 2.01. The van der Waals surface area contributed by atoms with E-state index in [-0.39, 0.29) is 0 Å². The van der Waals surface area contributed by atoms with Crippen molar-refractivity contribution >= 4 is 15.9 Å². The van der Waals surface area contributed by atoms with Crippen molar-refractivity contribution in [3.05, 3.63) is 34.3 Å². The second kappa shape index (κ2) is 7.11. The Hall–Kier alpha value is -0.590. The minimum atomic E-state index is -4.31. The van der Waals surface area contributed by atoms with Crippen molar-refractivity contribution < 1.29 is 17.9 Å². The van der Waals surface area contributed by atoms with Gasteiger partial charge in [0.1, 0.15) is 6.61 Å². The summed E-state index contributed by atoms with van der Waals surface area (Å²) in [7, 11) is 0. The van der Waals surface area contributed by atoms with E-state index in [9.17, 15) is 13.2 Å². The summed E-state index contributed by atoms with van der Waals surface area (Å²) in [6.07, 6.45) is -4.94. The van der Waals surface area contributed by atoms with Gasteiger partial charge in [0.15, 0.2) is 0 Å². The van der Waals surface area contributed by atoms with E-state index in [1.54, 1.807) is 18.2 Å². The smallest absolute Gasteiger partial charge is 0.363 e. The third-order valence-electron chi connectivity index (χ3n) is 2.28. The molecule has 1 N–H and O–H groups in total. The van der Waals surface area contributed by atoms with Crippen molar-refractivity contribution in [2.24, 2.45) is 0 Å². The van der Waals surface area contributed by atoms with Gasteiger partial charge in [-0.2, -0.15) is 13.2 Å². The van der Waals surface area contributed by atoms with Gasteiger partial charge in [-0.15, -0.1) is 0 Å². The maximum atomic E-state index is 12.2. The van der Waals surface area contributed by atoms with Crippen LogP contribution in [0.15, 0.2) is 28.7 Å². The van der Waals surface area contributed by atoms with Gasteiger partial charge in [-0.3, -0.25) is 0 Å². The zero-order chi connectivity index (χ0) is 13.6. The molecule has 1 unspecified atom stereocenters. The lowest BCUT2D eigenvalue weighted by Gasteiger charge is -2.20. The molecule has 0 spiro atoms. The van der Waals surface area contributed by atoms with Gasteiger partial charge in [0.25, 0.3) is 0 Å². The molecule has 0 saturated carbocycles. The molecule has 0 aliphatic heterocycles. The van der Waals surface area contributed by atoms with E-state index in [0.717, 1.165) is 4.47 Å². The summed E-state index contributed by atoms with van der Waals surface area (Å²) < 4.78 is 42.3. The van der Waals surface area contributed by atoms with Crippen LogP contribution >= 0.6 is 15.9 Å². The Morgan fingerprint density at radius 3 is 2.56 bits per heavy atom. The first kappa shape index (κ1) is 15.5. The van der Waals surface area contributed by atoms with Crippen LogP contribution < -0.4 is 5.32 Å². The van der Waals surface area contributed by atoms with Gasteiger partial charge < -0.3 is 10.1 Å². The first-order valence-corrected chi connectivity index (χ1v) is 6.37. The molecular weight excluding hydrogens is 311 g/mol. The Balaban J connectivity index is 2.75. The molecule has 1 aromatic rings. The van der Waals surface area contributed by atoms with E-state index in [1.807, 2.05) is 13.0 Å². The summed E-state index contributed by atoms with van der Waals surface area (Å²) in [6, 6.07) is 7.12. The first-order chi connectivity index (χ1) is 8.44. The van der Waals surface area contributed by atoms with Gasteiger partial charge in [-0.1, -0.05) is 41.1 Å². The summed E-state index contributed by atoms with van der Waals surface area (Å²) >= 11 is 3.32. The molecule has 2 nitrogen and oxygen atoms in total. The summed E-state index contributed by atoms with van der Waals surface area (Å²) in [5.74, 6) is 0. The number of hydrogen-bond acceptors (Lipinski definition) is 2. The Morgan fingerprint density at radius 1 is 1.33 bits per heavy atom. The normalized spacial score (nSPS) is 13.6. The highest BCUT2D eigenvalue weighted by molar-refractivity contribution is 9.10. The average molecular weight is 326 g/mol. The van der Waals surface area contributed by atoms with Gasteiger partial charge in [0, 0.05) is 11.0 Å². The molecule has 0 aromatic heterocycles. The second-order valence-electron chi connectivity index (χ2n) is 3.74. The molecule has 102 valence electrons. The van der Waals surface area contributed by atoms with Gasteiger partial charge in [0.2, 0.25) is 0 Å². The van der Waals surface area contributed by atoms with Crippen LogP contribution in [-0.2, 0) is 4.74 Å². The van der Waals surface area contributed by atoms with Crippen LogP contribution in [0.25, 0.3) is 0 Å². The summed E-state index contributed by atoms with van der Waals surface area (Å²) in [5.41, 5.74) is 0.711. The minimum Gasteiger partial charge on any atom is -0.363 e. The SMILES string of the molecule is CCNCC(OCC(F)(F)F)c1ccccc1Br. The minimum absolute atomic E-state index is 0.342. The Kier molecular flexibility index (Phi) is 6.11. The Labute approximate surface area is 113 Å². The lowest BCUT2D eigenvalue weighted by molar-refractivity contribution is -0.185. The molecule has 1 aromatic carbocycles. The number of alkyl halides is 3. The maximum absolute atomic E-state index is 12.2. The van der Waals surface area contributed by atoms with Gasteiger partial charge in [-0.05, 0) is 18.2 Å². The molecule has 0 bridgehead atoms. The van der Waals surface area contributed by atoms with Crippen LogP contribution in [0.1, 0.15) is 18.6 Å². The quantitative estimate of drug-likeness (QED) is 0.861. The van der Waals surface area contributed by atoms with Gasteiger partial charge >= 0.3 is 6.18 Å². The van der Waals surface area contributed by atoms with Gasteiger partial charge in [0.05, 0.1) is 6.10 Å². The molecule has 1 atom stereocenters. The maximum Gasteiger partial charge on any atom is 0.411 e. The van der Waals surface area contributed by atoms with Crippen molar-refractivity contribution in [2.45, 2.75) is 19.2 Å². The van der Waals surface area contributed by atoms with Crippen LogP contribution in [0.3, 0.4) is 0 Å². The predicted molar refractivity (Wildman–Crippen MR) is 67.4 cm³/mol. The largest absolute Gasteiger partial charge is 0.411 e. The third kappa shape index (κ3) is 5.37. The van der Waals surface area contributed by atoms with E-state index in [2.05, 4.69) is 21.2 Å². The number of rotatable bonds is 6. The number of benzene rings is 1. The van der Waals surface area contributed by atoms with E-state index >= 15 is 0 Å². The molecule has 0 aliphatic carbocycles. The molecule has 1 rings (SSSR count). The number of halogens is 4. The summed E-state index contributed by atoms with van der Waals surface area (Å²) in [6.45, 7) is 1.66. The highest BCUT2D eigenvalue weighted by Crippen LogP contribution is 2.27.